The number of pyridine rings is 1. The summed E-state index contributed by atoms with van der Waals surface area (Å²) >= 11 is 0. The molecule has 17 nitrogen and oxygen atoms in total. The van der Waals surface area contributed by atoms with E-state index in [1.807, 2.05) is 0 Å². The number of aliphatic carboxylic acids is 1. The van der Waals surface area contributed by atoms with Gasteiger partial charge in [-0.05, 0) is 24.0 Å². The molecule has 1 aliphatic heterocycles. The van der Waals surface area contributed by atoms with Crippen LogP contribution in [0.25, 0.3) is 0 Å². The molecule has 0 radical (unpaired) electrons. The van der Waals surface area contributed by atoms with E-state index < -0.39 is 66.0 Å². The van der Waals surface area contributed by atoms with Crippen molar-refractivity contribution in [3.05, 3.63) is 29.7 Å². The molecule has 7 N–H and O–H groups in total. The van der Waals surface area contributed by atoms with E-state index in [2.05, 4.69) is 41.6 Å². The molecule has 3 atom stereocenters. The van der Waals surface area contributed by atoms with E-state index in [4.69, 9.17) is 10.8 Å². The summed E-state index contributed by atoms with van der Waals surface area (Å²) in [6.45, 7) is 3.26. The molecule has 220 valence electrons. The Morgan fingerprint density at radius 3 is 2.54 bits per heavy atom. The predicted octanol–water partition coefficient (Wildman–Crippen LogP) is -2.08. The normalized spacial score (nSPS) is 15.5. The van der Waals surface area contributed by atoms with Crippen LogP contribution in [0.1, 0.15) is 50.9 Å². The molecule has 1 aliphatic rings. The molecule has 3 heterocycles. The van der Waals surface area contributed by atoms with Gasteiger partial charge in [0.25, 0.3) is 5.91 Å². The number of aromatic amines is 1. The van der Waals surface area contributed by atoms with E-state index in [1.165, 1.54) is 11.1 Å². The van der Waals surface area contributed by atoms with E-state index in [0.717, 1.165) is 0 Å². The molecular weight excluding hydrogens is 540 g/mol. The number of nitrogens with zero attached hydrogens (tertiary/aromatic N) is 5. The summed E-state index contributed by atoms with van der Waals surface area (Å²) in [5.41, 5.74) is 5.93. The smallest absolute Gasteiger partial charge is 0.303 e. The van der Waals surface area contributed by atoms with Crippen LogP contribution in [0.15, 0.2) is 18.3 Å². The van der Waals surface area contributed by atoms with E-state index in [1.54, 1.807) is 26.0 Å². The van der Waals surface area contributed by atoms with Crippen LogP contribution in [0.2, 0.25) is 0 Å². The number of aromatic nitrogens is 5. The molecule has 3 unspecified atom stereocenters. The lowest BCUT2D eigenvalue weighted by Gasteiger charge is -2.30. The maximum absolute atomic E-state index is 13.9. The second kappa shape index (κ2) is 13.9. The summed E-state index contributed by atoms with van der Waals surface area (Å²) in [6, 6.07) is -0.0870. The van der Waals surface area contributed by atoms with Crippen molar-refractivity contribution in [2.75, 3.05) is 4.90 Å². The zero-order chi connectivity index (χ0) is 30.1. The molecule has 0 spiro atoms. The Kier molecular flexibility index (Phi) is 10.4. The number of anilines is 1. The number of carboxylic acids is 1. The van der Waals surface area contributed by atoms with Crippen LogP contribution < -0.4 is 26.6 Å². The van der Waals surface area contributed by atoms with Crippen LogP contribution in [0.5, 0.6) is 0 Å². The second-order valence-electron chi connectivity index (χ2n) is 9.71. The highest BCUT2D eigenvalue weighted by atomic mass is 16.4. The van der Waals surface area contributed by atoms with Gasteiger partial charge < -0.3 is 26.8 Å². The number of hydrogen-bond donors (Lipinski definition) is 6. The topological polar surface area (TPSA) is 255 Å². The van der Waals surface area contributed by atoms with Crippen molar-refractivity contribution in [2.45, 2.75) is 70.6 Å². The number of H-pyrrole nitrogens is 1. The Morgan fingerprint density at radius 1 is 1.15 bits per heavy atom. The molecule has 0 aromatic carbocycles. The van der Waals surface area contributed by atoms with E-state index in [-0.39, 0.29) is 43.9 Å². The van der Waals surface area contributed by atoms with Gasteiger partial charge in [-0.1, -0.05) is 25.1 Å². The van der Waals surface area contributed by atoms with Crippen molar-refractivity contribution in [2.24, 2.45) is 11.7 Å². The number of tetrazole rings is 1. The number of nitrogens with one attached hydrogen (secondary N) is 4. The van der Waals surface area contributed by atoms with Gasteiger partial charge >= 0.3 is 5.97 Å². The van der Waals surface area contributed by atoms with Crippen molar-refractivity contribution in [1.82, 2.24) is 41.6 Å². The number of carbonyl (C=O) groups excluding carboxylic acids is 5. The minimum absolute atomic E-state index is 0.0584. The lowest BCUT2D eigenvalue weighted by molar-refractivity contribution is -0.139. The van der Waals surface area contributed by atoms with Gasteiger partial charge in [-0.15, -0.1) is 10.2 Å². The molecule has 3 rings (SSSR count). The molecule has 17 heteroatoms. The molecule has 0 saturated heterocycles. The third-order valence-electron chi connectivity index (χ3n) is 6.30. The maximum atomic E-state index is 13.9. The Labute approximate surface area is 234 Å². The third kappa shape index (κ3) is 8.26. The van der Waals surface area contributed by atoms with Gasteiger partial charge in [-0.25, -0.2) is 4.98 Å². The van der Waals surface area contributed by atoms with Crippen LogP contribution in [0, 0.1) is 5.92 Å². The quantitative estimate of drug-likeness (QED) is 0.143. The van der Waals surface area contributed by atoms with E-state index in [0.29, 0.717) is 5.56 Å². The highest BCUT2D eigenvalue weighted by Crippen LogP contribution is 2.31. The molecule has 41 heavy (non-hydrogen) atoms. The Morgan fingerprint density at radius 2 is 1.90 bits per heavy atom. The summed E-state index contributed by atoms with van der Waals surface area (Å²) in [7, 11) is 0. The summed E-state index contributed by atoms with van der Waals surface area (Å²) in [5, 5.41) is 29.8. The van der Waals surface area contributed by atoms with Gasteiger partial charge in [-0.3, -0.25) is 33.7 Å². The van der Waals surface area contributed by atoms with Crippen LogP contribution in [-0.2, 0) is 41.7 Å². The highest BCUT2D eigenvalue weighted by Gasteiger charge is 2.42. The van der Waals surface area contributed by atoms with Crippen molar-refractivity contribution in [3.8, 4) is 0 Å². The number of carboxylic acid groups (broad SMARTS) is 1. The van der Waals surface area contributed by atoms with Gasteiger partial charge in [0.2, 0.25) is 23.6 Å². The monoisotopic (exact) mass is 572 g/mol. The molecule has 0 aliphatic carbocycles. The van der Waals surface area contributed by atoms with Gasteiger partial charge in [0, 0.05) is 25.5 Å². The van der Waals surface area contributed by atoms with Crippen molar-refractivity contribution in [1.29, 1.82) is 0 Å². The zero-order valence-corrected chi connectivity index (χ0v) is 22.5. The predicted molar refractivity (Wildman–Crippen MR) is 139 cm³/mol. The lowest BCUT2D eigenvalue weighted by atomic mass is 10.0. The highest BCUT2D eigenvalue weighted by molar-refractivity contribution is 6.06. The first kappa shape index (κ1) is 30.6. The van der Waals surface area contributed by atoms with E-state index >= 15 is 0 Å². The molecule has 5 amide bonds. The Bertz CT molecular complexity index is 1280. The number of nitrogens with two attached hydrogens (primary N) is 1. The first-order valence-electron chi connectivity index (χ1n) is 12.8. The Balaban J connectivity index is 1.83. The summed E-state index contributed by atoms with van der Waals surface area (Å²) < 4.78 is 0. The van der Waals surface area contributed by atoms with Gasteiger partial charge in [-0.2, -0.15) is 5.21 Å². The standard InChI is InChI=1S/C24H32N10O7/c1-12(2)20(29-18(36)7-8-19(37)38)23(40)28-14(5-6-16(25)35)24(41)34-15(10-13-4-3-9-26-21(13)34)22(39)27-11-17-30-32-33-31-17/h3-4,9,12,14-15,20H,5-8,10-11H2,1-2H3,(H2,25,35)(H,27,39)(H,28,40)(H,29,36)(H,37,38)(H,30,31,32,33). The largest absolute Gasteiger partial charge is 0.481 e. The van der Waals surface area contributed by atoms with Crippen molar-refractivity contribution >= 4 is 41.3 Å². The number of fused-ring (bicyclic) bond motifs is 1. The molecular formula is C24H32N10O7. The van der Waals surface area contributed by atoms with Crippen LogP contribution >= 0.6 is 0 Å². The average Bonchev–Trinajstić information content (AvgIpc) is 3.58. The average molecular weight is 573 g/mol. The lowest BCUT2D eigenvalue weighted by Crippen LogP contribution is -2.58. The van der Waals surface area contributed by atoms with E-state index in [9.17, 15) is 28.8 Å². The number of primary amides is 1. The number of rotatable bonds is 14. The summed E-state index contributed by atoms with van der Waals surface area (Å²) in [5.74, 6) is -4.51. The van der Waals surface area contributed by atoms with Crippen molar-refractivity contribution < 1.29 is 33.9 Å². The van der Waals surface area contributed by atoms with Crippen molar-refractivity contribution in [3.63, 3.8) is 0 Å². The maximum Gasteiger partial charge on any atom is 0.303 e. The molecule has 2 aromatic heterocycles. The first-order valence-corrected chi connectivity index (χ1v) is 12.8. The second-order valence-corrected chi connectivity index (χ2v) is 9.71. The molecule has 0 fully saturated rings. The third-order valence-corrected chi connectivity index (χ3v) is 6.30. The molecule has 0 bridgehead atoms. The number of amides is 5. The van der Waals surface area contributed by atoms with Gasteiger partial charge in [0.15, 0.2) is 5.82 Å². The summed E-state index contributed by atoms with van der Waals surface area (Å²) in [6.07, 6.45) is 0.385. The minimum Gasteiger partial charge on any atom is -0.481 e. The SMILES string of the molecule is CC(C)C(NC(=O)CCC(=O)O)C(=O)NC(CCC(N)=O)C(=O)N1c2ncccc2CC1C(=O)NCc1nn[nH]n1. The first-order chi connectivity index (χ1) is 19.5. The van der Waals surface area contributed by atoms with Gasteiger partial charge in [0.05, 0.1) is 13.0 Å². The fraction of sp³-hybridized carbons (Fsp3) is 0.500. The number of carbonyl (C=O) groups is 6. The van der Waals surface area contributed by atoms with Crippen LogP contribution in [0.4, 0.5) is 5.82 Å². The zero-order valence-electron chi connectivity index (χ0n) is 22.5. The fourth-order valence-electron chi connectivity index (χ4n) is 4.24. The molecule has 0 saturated carbocycles. The number of hydrogen-bond acceptors (Lipinski definition) is 10. The Hall–Kier alpha value is -4.96. The van der Waals surface area contributed by atoms with Crippen LogP contribution in [0.3, 0.4) is 0 Å². The minimum atomic E-state index is -1.31. The van der Waals surface area contributed by atoms with Crippen LogP contribution in [-0.4, -0.2) is 84.3 Å². The van der Waals surface area contributed by atoms with Gasteiger partial charge in [0.1, 0.15) is 23.9 Å². The summed E-state index contributed by atoms with van der Waals surface area (Å²) in [4.78, 5) is 80.5. The fourth-order valence-corrected chi connectivity index (χ4v) is 4.24. The molecule has 2 aromatic rings.